The van der Waals surface area contributed by atoms with Gasteiger partial charge in [0, 0.05) is 4.88 Å². The van der Waals surface area contributed by atoms with Gasteiger partial charge in [0.2, 0.25) is 0 Å². The fraction of sp³-hybridized carbons (Fsp3) is 0.208. The Balaban J connectivity index is 0.000000248. The topological polar surface area (TPSA) is 108 Å². The van der Waals surface area contributed by atoms with Crippen molar-refractivity contribution >= 4 is 62.6 Å². The molecule has 0 spiro atoms. The van der Waals surface area contributed by atoms with E-state index in [1.165, 1.54) is 17.4 Å². The van der Waals surface area contributed by atoms with Crippen LogP contribution in [0.25, 0.3) is 0 Å². The summed E-state index contributed by atoms with van der Waals surface area (Å²) < 4.78 is 35.7. The van der Waals surface area contributed by atoms with Crippen LogP contribution in [-0.2, 0) is 0 Å². The van der Waals surface area contributed by atoms with Crippen LogP contribution >= 0.6 is 45.3 Å². The molecule has 13 heteroatoms. The maximum absolute atomic E-state index is 11.9. The van der Waals surface area contributed by atoms with E-state index in [2.05, 4.69) is 10.3 Å². The molecule has 4 aromatic rings. The molecule has 1 unspecified atom stereocenters. The van der Waals surface area contributed by atoms with Crippen LogP contribution in [-0.4, -0.2) is 33.8 Å². The summed E-state index contributed by atoms with van der Waals surface area (Å²) in [4.78, 5) is 13.5. The van der Waals surface area contributed by atoms with Crippen molar-refractivity contribution in [1.82, 2.24) is 0 Å². The van der Waals surface area contributed by atoms with Crippen molar-refractivity contribution in [3.63, 3.8) is 0 Å². The van der Waals surface area contributed by atoms with Crippen LogP contribution in [0.1, 0.15) is 51.1 Å². The Morgan fingerprint density at radius 2 is 1.14 bits per heavy atom. The second-order valence-corrected chi connectivity index (χ2v) is 10.7. The fourth-order valence-electron chi connectivity index (χ4n) is 2.18. The number of ketones is 1. The largest absolute Gasteiger partial charge is 0.411 e. The molecule has 0 saturated carbocycles. The highest BCUT2D eigenvalue weighted by Crippen LogP contribution is 2.32. The highest BCUT2D eigenvalue weighted by Gasteiger charge is 2.38. The Morgan fingerprint density at radius 1 is 0.757 bits per heavy atom. The van der Waals surface area contributed by atoms with E-state index in [9.17, 15) is 18.0 Å². The Labute approximate surface area is 228 Å². The number of nitrogens with two attached hydrogens (primary N) is 1. The third kappa shape index (κ3) is 12.3. The number of oxime groups is 2. The smallest absolute Gasteiger partial charge is 0.408 e. The van der Waals surface area contributed by atoms with Crippen molar-refractivity contribution in [2.45, 2.75) is 33.0 Å². The molecule has 0 aliphatic rings. The minimum absolute atomic E-state index is 0.150. The van der Waals surface area contributed by atoms with Gasteiger partial charge in [0.15, 0.2) is 5.78 Å². The first-order valence-corrected chi connectivity index (χ1v) is 13.9. The van der Waals surface area contributed by atoms with Gasteiger partial charge in [-0.05, 0) is 66.6 Å². The molecule has 0 bridgehead atoms. The van der Waals surface area contributed by atoms with Gasteiger partial charge in [0.05, 0.1) is 26.1 Å². The zero-order valence-electron chi connectivity index (χ0n) is 20.0. The molecule has 0 amide bonds. The quantitative estimate of drug-likeness (QED) is 0.0966. The zero-order chi connectivity index (χ0) is 27.8. The predicted molar refractivity (Wildman–Crippen MR) is 148 cm³/mol. The number of thiophene rings is 4. The second kappa shape index (κ2) is 16.8. The molecule has 200 valence electrons. The van der Waals surface area contributed by atoms with E-state index in [0.717, 1.165) is 26.0 Å². The average Bonchev–Trinajstić information content (AvgIpc) is 3.69. The maximum atomic E-state index is 11.9. The number of Topliss-reactive ketones (excluding diaryl/α,β-unsaturated/α-hetero) is 1. The van der Waals surface area contributed by atoms with Gasteiger partial charge in [-0.15, -0.1) is 45.3 Å². The number of alkyl halides is 3. The molecule has 0 fully saturated rings. The van der Waals surface area contributed by atoms with Crippen LogP contribution in [0.2, 0.25) is 0 Å². The van der Waals surface area contributed by atoms with Gasteiger partial charge in [-0.1, -0.05) is 34.6 Å². The number of halogens is 3. The van der Waals surface area contributed by atoms with Crippen molar-refractivity contribution in [3.8, 4) is 0 Å². The minimum Gasteiger partial charge on any atom is -0.411 e. The molecular weight excluding hydrogens is 564 g/mol. The van der Waals surface area contributed by atoms with Crippen LogP contribution in [0.15, 0.2) is 80.4 Å². The first-order chi connectivity index (χ1) is 17.5. The van der Waals surface area contributed by atoms with Gasteiger partial charge in [0.1, 0.15) is 6.04 Å². The van der Waals surface area contributed by atoms with Crippen molar-refractivity contribution in [2.24, 2.45) is 16.0 Å². The Morgan fingerprint density at radius 3 is 1.38 bits per heavy atom. The highest BCUT2D eigenvalue weighted by atomic mass is 32.1. The van der Waals surface area contributed by atoms with Gasteiger partial charge in [-0.2, -0.15) is 13.2 Å². The maximum Gasteiger partial charge on any atom is 0.408 e. The van der Waals surface area contributed by atoms with E-state index < -0.39 is 12.2 Å². The SMILES string of the molecule is CC(=NO)c1cccs1.CC(=NO)c1cccs1.CC(=O)c1cccs1.NC(c1cccs1)C(F)(F)F. The molecular formula is C24H26F3N3O3S4. The number of rotatable bonds is 4. The summed E-state index contributed by atoms with van der Waals surface area (Å²) in [5.74, 6) is 0.153. The van der Waals surface area contributed by atoms with Gasteiger partial charge >= 0.3 is 6.18 Å². The molecule has 0 saturated heterocycles. The molecule has 0 aromatic carbocycles. The highest BCUT2D eigenvalue weighted by molar-refractivity contribution is 7.12. The lowest BCUT2D eigenvalue weighted by Crippen LogP contribution is -2.27. The van der Waals surface area contributed by atoms with Crippen LogP contribution < -0.4 is 5.73 Å². The molecule has 0 aliphatic carbocycles. The normalized spacial score (nSPS) is 12.2. The monoisotopic (exact) mass is 589 g/mol. The Hall–Kier alpha value is -2.84. The lowest BCUT2D eigenvalue weighted by Gasteiger charge is -2.12. The standard InChI is InChI=1S/C6H6F3NS.2C6H7NOS.C6H6OS/c7-6(8,9)5(10)4-2-1-3-11-4;2*1-5(7-8)6-3-2-4-9-6;1-5(7)6-3-2-4-8-6/h1-3,5H,10H2;2*2-4,8H,1H3;2-4H,1H3. The lowest BCUT2D eigenvalue weighted by atomic mass is 10.2. The molecule has 37 heavy (non-hydrogen) atoms. The first-order valence-electron chi connectivity index (χ1n) is 10.4. The molecule has 4 N–H and O–H groups in total. The van der Waals surface area contributed by atoms with E-state index in [4.69, 9.17) is 16.1 Å². The Kier molecular flexibility index (Phi) is 14.6. The fourth-order valence-corrected chi connectivity index (χ4v) is 4.90. The van der Waals surface area contributed by atoms with Gasteiger partial charge in [-0.3, -0.25) is 4.79 Å². The number of hydrogen-bond acceptors (Lipinski definition) is 10. The molecule has 4 aromatic heterocycles. The third-order valence-electron chi connectivity index (χ3n) is 4.13. The number of carbonyl (C=O) groups is 1. The summed E-state index contributed by atoms with van der Waals surface area (Å²) in [5.41, 5.74) is 6.24. The van der Waals surface area contributed by atoms with Crippen LogP contribution in [0.4, 0.5) is 13.2 Å². The van der Waals surface area contributed by atoms with Gasteiger partial charge < -0.3 is 16.1 Å². The summed E-state index contributed by atoms with van der Waals surface area (Å²) in [6.07, 6.45) is -4.33. The molecule has 4 rings (SSSR count). The number of nitrogens with zero attached hydrogens (tertiary/aromatic N) is 2. The number of hydrogen-bond donors (Lipinski definition) is 3. The summed E-state index contributed by atoms with van der Waals surface area (Å²) >= 11 is 5.62. The van der Waals surface area contributed by atoms with E-state index >= 15 is 0 Å². The molecule has 1 atom stereocenters. The van der Waals surface area contributed by atoms with Crippen molar-refractivity contribution in [1.29, 1.82) is 0 Å². The average molecular weight is 590 g/mol. The summed E-state index contributed by atoms with van der Waals surface area (Å²) in [6, 6.07) is 12.5. The minimum atomic E-state index is -4.33. The van der Waals surface area contributed by atoms with E-state index in [1.807, 2.05) is 52.5 Å². The van der Waals surface area contributed by atoms with Crippen molar-refractivity contribution in [2.75, 3.05) is 0 Å². The molecule has 6 nitrogen and oxygen atoms in total. The summed E-state index contributed by atoms with van der Waals surface area (Å²) in [5, 5.41) is 30.1. The summed E-state index contributed by atoms with van der Waals surface area (Å²) in [7, 11) is 0. The van der Waals surface area contributed by atoms with Crippen molar-refractivity contribution < 1.29 is 28.4 Å². The van der Waals surface area contributed by atoms with Crippen LogP contribution in [0, 0.1) is 0 Å². The Bertz CT molecular complexity index is 1140. The zero-order valence-corrected chi connectivity index (χ0v) is 23.3. The van der Waals surface area contributed by atoms with E-state index in [0.29, 0.717) is 11.4 Å². The first kappa shape index (κ1) is 32.2. The third-order valence-corrected chi connectivity index (χ3v) is 8.01. The predicted octanol–water partition coefficient (Wildman–Crippen LogP) is 8.15. The van der Waals surface area contributed by atoms with E-state index in [-0.39, 0.29) is 10.7 Å². The van der Waals surface area contributed by atoms with Crippen LogP contribution in [0.3, 0.4) is 0 Å². The molecule has 0 aliphatic heterocycles. The molecule has 0 radical (unpaired) electrons. The lowest BCUT2D eigenvalue weighted by molar-refractivity contribution is -0.148. The van der Waals surface area contributed by atoms with Gasteiger partial charge in [-0.25, -0.2) is 0 Å². The van der Waals surface area contributed by atoms with Crippen molar-refractivity contribution in [3.05, 3.63) is 89.6 Å². The van der Waals surface area contributed by atoms with Gasteiger partial charge in [0.25, 0.3) is 0 Å². The second-order valence-electron chi connectivity index (χ2n) is 6.89. The molecule has 4 heterocycles. The summed E-state index contributed by atoms with van der Waals surface area (Å²) in [6.45, 7) is 5.11. The van der Waals surface area contributed by atoms with E-state index in [1.54, 1.807) is 54.9 Å². The van der Waals surface area contributed by atoms with Crippen LogP contribution in [0.5, 0.6) is 0 Å². The number of carbonyl (C=O) groups excluding carboxylic acids is 1.